The van der Waals surface area contributed by atoms with Crippen LogP contribution in [-0.4, -0.2) is 21.0 Å². The quantitative estimate of drug-likeness (QED) is 0.461. The van der Waals surface area contributed by atoms with E-state index in [4.69, 9.17) is 16.6 Å². The summed E-state index contributed by atoms with van der Waals surface area (Å²) in [6.07, 6.45) is 2.60. The Morgan fingerprint density at radius 2 is 1.93 bits per heavy atom. The molecule has 2 aromatic heterocycles. The number of hydrogen-bond donors (Lipinski definition) is 2. The minimum Gasteiger partial charge on any atom is -0.434 e. The van der Waals surface area contributed by atoms with E-state index in [1.807, 2.05) is 43.3 Å². The standard InChI is InChI=1S/C23H20N4O2S/c1-3-15-7-10-16(11-8-15)21(28)27-23(30)25-18-13-17(9-6-14(18)2)22-26-20-19(29-22)5-4-12-24-20/h4-13H,3H2,1-2H3,(H2,25,27,28,30). The molecule has 0 radical (unpaired) electrons. The molecule has 0 unspecified atom stereocenters. The van der Waals surface area contributed by atoms with E-state index in [1.54, 1.807) is 24.4 Å². The van der Waals surface area contributed by atoms with Crippen molar-refractivity contribution in [1.29, 1.82) is 0 Å². The minimum absolute atomic E-state index is 0.221. The summed E-state index contributed by atoms with van der Waals surface area (Å²) in [5.74, 6) is 0.215. The Kier molecular flexibility index (Phi) is 5.54. The van der Waals surface area contributed by atoms with E-state index in [1.165, 1.54) is 5.56 Å². The van der Waals surface area contributed by atoms with Gasteiger partial charge in [-0.05, 0) is 73.1 Å². The number of thiocarbonyl (C=S) groups is 1. The zero-order valence-electron chi connectivity index (χ0n) is 16.6. The molecule has 6 nitrogen and oxygen atoms in total. The van der Waals surface area contributed by atoms with Crippen molar-refractivity contribution in [3.05, 3.63) is 77.5 Å². The maximum absolute atomic E-state index is 12.4. The van der Waals surface area contributed by atoms with Crippen LogP contribution in [0.25, 0.3) is 22.7 Å². The average Bonchev–Trinajstić information content (AvgIpc) is 3.19. The molecule has 0 atom stereocenters. The Balaban J connectivity index is 1.50. The second kappa shape index (κ2) is 8.42. The van der Waals surface area contributed by atoms with E-state index in [9.17, 15) is 4.79 Å². The van der Waals surface area contributed by atoms with Gasteiger partial charge in [0.1, 0.15) is 0 Å². The van der Waals surface area contributed by atoms with E-state index in [0.29, 0.717) is 22.7 Å². The van der Waals surface area contributed by atoms with Crippen molar-refractivity contribution in [1.82, 2.24) is 15.3 Å². The van der Waals surface area contributed by atoms with Crippen LogP contribution < -0.4 is 10.6 Å². The number of carbonyl (C=O) groups is 1. The van der Waals surface area contributed by atoms with Gasteiger partial charge >= 0.3 is 0 Å². The Morgan fingerprint density at radius 1 is 1.13 bits per heavy atom. The van der Waals surface area contributed by atoms with Crippen LogP contribution in [0.1, 0.15) is 28.4 Å². The SMILES string of the molecule is CCc1ccc(C(=O)NC(=S)Nc2cc(-c3nc4ncccc4o3)ccc2C)cc1. The lowest BCUT2D eigenvalue weighted by atomic mass is 10.1. The van der Waals surface area contributed by atoms with Gasteiger partial charge in [0, 0.05) is 23.0 Å². The number of oxazole rings is 1. The second-order valence-electron chi connectivity index (χ2n) is 6.83. The first-order valence-electron chi connectivity index (χ1n) is 9.57. The maximum atomic E-state index is 12.4. The van der Waals surface area contributed by atoms with E-state index in [2.05, 4.69) is 27.5 Å². The summed E-state index contributed by atoms with van der Waals surface area (Å²) in [6.45, 7) is 4.02. The number of aromatic nitrogens is 2. The Bertz CT molecular complexity index is 1200. The summed E-state index contributed by atoms with van der Waals surface area (Å²) >= 11 is 5.34. The molecule has 2 aromatic carbocycles. The zero-order valence-corrected chi connectivity index (χ0v) is 17.4. The first-order chi connectivity index (χ1) is 14.5. The summed E-state index contributed by atoms with van der Waals surface area (Å²) in [4.78, 5) is 21.1. The fourth-order valence-electron chi connectivity index (χ4n) is 3.00. The monoisotopic (exact) mass is 416 g/mol. The zero-order chi connectivity index (χ0) is 21.1. The van der Waals surface area contributed by atoms with Gasteiger partial charge in [0.2, 0.25) is 5.89 Å². The van der Waals surface area contributed by atoms with Crippen molar-refractivity contribution < 1.29 is 9.21 Å². The van der Waals surface area contributed by atoms with Gasteiger partial charge in [-0.2, -0.15) is 4.98 Å². The molecular weight excluding hydrogens is 396 g/mol. The molecule has 0 aliphatic rings. The van der Waals surface area contributed by atoms with Gasteiger partial charge in [-0.1, -0.05) is 25.1 Å². The van der Waals surface area contributed by atoms with Crippen LogP contribution in [0.4, 0.5) is 5.69 Å². The van der Waals surface area contributed by atoms with Crippen molar-refractivity contribution in [3.63, 3.8) is 0 Å². The number of carbonyl (C=O) groups excluding carboxylic acids is 1. The van der Waals surface area contributed by atoms with Crippen molar-refractivity contribution >= 4 is 40.2 Å². The van der Waals surface area contributed by atoms with Crippen LogP contribution in [0.3, 0.4) is 0 Å². The predicted molar refractivity (Wildman–Crippen MR) is 121 cm³/mol. The molecule has 1 amide bonds. The number of aryl methyl sites for hydroxylation is 2. The maximum Gasteiger partial charge on any atom is 0.257 e. The molecule has 0 saturated heterocycles. The molecule has 7 heteroatoms. The van der Waals surface area contributed by atoms with Crippen LogP contribution in [0.2, 0.25) is 0 Å². The van der Waals surface area contributed by atoms with E-state index in [-0.39, 0.29) is 11.0 Å². The summed E-state index contributed by atoms with van der Waals surface area (Å²) in [5, 5.41) is 6.04. The van der Waals surface area contributed by atoms with Gasteiger partial charge in [0.25, 0.3) is 5.91 Å². The van der Waals surface area contributed by atoms with Crippen molar-refractivity contribution in [2.45, 2.75) is 20.3 Å². The van der Waals surface area contributed by atoms with E-state index >= 15 is 0 Å². The fraction of sp³-hybridized carbons (Fsp3) is 0.130. The molecule has 4 aromatic rings. The van der Waals surface area contributed by atoms with Gasteiger partial charge in [0.05, 0.1) is 0 Å². The number of nitrogens with one attached hydrogen (secondary N) is 2. The highest BCUT2D eigenvalue weighted by atomic mass is 32.1. The van der Waals surface area contributed by atoms with Crippen molar-refractivity contribution in [3.8, 4) is 11.5 Å². The smallest absolute Gasteiger partial charge is 0.257 e. The summed E-state index contributed by atoms with van der Waals surface area (Å²) in [6, 6.07) is 16.8. The molecule has 150 valence electrons. The summed E-state index contributed by atoms with van der Waals surface area (Å²) < 4.78 is 5.79. The topological polar surface area (TPSA) is 80.0 Å². The van der Waals surface area contributed by atoms with Crippen LogP contribution >= 0.6 is 12.2 Å². The largest absolute Gasteiger partial charge is 0.434 e. The fourth-order valence-corrected chi connectivity index (χ4v) is 3.21. The third-order valence-corrected chi connectivity index (χ3v) is 4.95. The lowest BCUT2D eigenvalue weighted by molar-refractivity contribution is 0.0977. The Labute approximate surface area is 179 Å². The molecule has 2 heterocycles. The number of hydrogen-bond acceptors (Lipinski definition) is 5. The van der Waals surface area contributed by atoms with Crippen molar-refractivity contribution in [2.75, 3.05) is 5.32 Å². The van der Waals surface area contributed by atoms with Gasteiger partial charge in [-0.3, -0.25) is 10.1 Å². The average molecular weight is 417 g/mol. The first-order valence-corrected chi connectivity index (χ1v) is 9.98. The molecule has 0 spiro atoms. The Morgan fingerprint density at radius 3 is 2.67 bits per heavy atom. The van der Waals surface area contributed by atoms with Crippen molar-refractivity contribution in [2.24, 2.45) is 0 Å². The molecule has 0 saturated carbocycles. The highest BCUT2D eigenvalue weighted by Gasteiger charge is 2.12. The molecule has 0 aliphatic carbocycles. The third-order valence-electron chi connectivity index (χ3n) is 4.75. The molecule has 30 heavy (non-hydrogen) atoms. The molecular formula is C23H20N4O2S. The van der Waals surface area contributed by atoms with Gasteiger partial charge in [-0.15, -0.1) is 0 Å². The number of nitrogens with zero attached hydrogens (tertiary/aromatic N) is 2. The molecule has 4 rings (SSSR count). The number of anilines is 1. The van der Waals surface area contributed by atoms with E-state index in [0.717, 1.165) is 23.2 Å². The van der Waals surface area contributed by atoms with Crippen LogP contribution in [0, 0.1) is 6.92 Å². The molecule has 0 fully saturated rings. The third kappa shape index (κ3) is 4.21. The first kappa shape index (κ1) is 19.7. The summed E-state index contributed by atoms with van der Waals surface area (Å²) in [7, 11) is 0. The Hall–Kier alpha value is -3.58. The number of fused-ring (bicyclic) bond motifs is 1. The second-order valence-corrected chi connectivity index (χ2v) is 7.24. The highest BCUT2D eigenvalue weighted by Crippen LogP contribution is 2.27. The van der Waals surface area contributed by atoms with Crippen LogP contribution in [-0.2, 0) is 6.42 Å². The van der Waals surface area contributed by atoms with Gasteiger partial charge < -0.3 is 9.73 Å². The van der Waals surface area contributed by atoms with E-state index < -0.39 is 0 Å². The molecule has 2 N–H and O–H groups in total. The summed E-state index contributed by atoms with van der Waals surface area (Å²) in [5.41, 5.74) is 5.42. The molecule has 0 aliphatic heterocycles. The minimum atomic E-state index is -0.256. The van der Waals surface area contributed by atoms with Gasteiger partial charge in [0.15, 0.2) is 16.3 Å². The van der Waals surface area contributed by atoms with Crippen LogP contribution in [0.15, 0.2) is 65.2 Å². The lowest BCUT2D eigenvalue weighted by Crippen LogP contribution is -2.34. The highest BCUT2D eigenvalue weighted by molar-refractivity contribution is 7.80. The normalized spacial score (nSPS) is 10.7. The lowest BCUT2D eigenvalue weighted by Gasteiger charge is -2.13. The van der Waals surface area contributed by atoms with Crippen LogP contribution in [0.5, 0.6) is 0 Å². The molecule has 0 bridgehead atoms. The predicted octanol–water partition coefficient (Wildman–Crippen LogP) is 4.89. The van der Waals surface area contributed by atoms with Gasteiger partial charge in [-0.25, -0.2) is 4.98 Å². The number of amides is 1. The number of pyridine rings is 1. The number of rotatable bonds is 4. The number of benzene rings is 2.